The minimum atomic E-state index is -1.03. The molecule has 0 radical (unpaired) electrons. The molecule has 0 aromatic carbocycles. The summed E-state index contributed by atoms with van der Waals surface area (Å²) in [5.74, 6) is 0.230. The first kappa shape index (κ1) is 13.9. The number of rotatable bonds is 6. The Bertz CT molecular complexity index is 360. The van der Waals surface area contributed by atoms with Crippen molar-refractivity contribution >= 4 is 5.82 Å². The van der Waals surface area contributed by atoms with Crippen molar-refractivity contribution in [3.63, 3.8) is 0 Å². The van der Waals surface area contributed by atoms with E-state index in [1.807, 2.05) is 0 Å². The maximum Gasteiger partial charge on any atom is 0.128 e. The number of hydrogen-bond donors (Lipinski definition) is 5. The van der Waals surface area contributed by atoms with E-state index in [1.54, 1.807) is 13.1 Å². The summed E-state index contributed by atoms with van der Waals surface area (Å²) in [4.78, 5) is 3.86. The largest absolute Gasteiger partial charge is 0.392 e. The first-order chi connectivity index (χ1) is 8.10. The summed E-state index contributed by atoms with van der Waals surface area (Å²) in [5.41, 5.74) is 6.43. The zero-order valence-corrected chi connectivity index (χ0v) is 9.80. The van der Waals surface area contributed by atoms with Crippen molar-refractivity contribution in [2.24, 2.45) is 0 Å². The van der Waals surface area contributed by atoms with Gasteiger partial charge in [0, 0.05) is 17.3 Å². The van der Waals surface area contributed by atoms with Gasteiger partial charge in [0.2, 0.25) is 0 Å². The van der Waals surface area contributed by atoms with Crippen LogP contribution in [0.25, 0.3) is 0 Å². The van der Waals surface area contributed by atoms with Crippen molar-refractivity contribution < 1.29 is 15.3 Å². The summed E-state index contributed by atoms with van der Waals surface area (Å²) in [7, 11) is 1.77. The number of nitrogen functional groups attached to an aromatic ring is 1. The fourth-order valence-corrected chi connectivity index (χ4v) is 1.50. The summed E-state index contributed by atoms with van der Waals surface area (Å²) in [5, 5.41) is 31.5. The van der Waals surface area contributed by atoms with Crippen molar-refractivity contribution in [2.45, 2.75) is 25.2 Å². The maximum absolute atomic E-state index is 9.89. The molecule has 0 amide bonds. The van der Waals surface area contributed by atoms with Gasteiger partial charge in [-0.05, 0) is 26.1 Å². The highest BCUT2D eigenvalue weighted by atomic mass is 16.3. The molecule has 17 heavy (non-hydrogen) atoms. The second-order valence-electron chi connectivity index (χ2n) is 3.88. The number of pyridine rings is 1. The van der Waals surface area contributed by atoms with E-state index in [9.17, 15) is 10.2 Å². The molecule has 6 heteroatoms. The van der Waals surface area contributed by atoms with E-state index < -0.39 is 12.2 Å². The summed E-state index contributed by atoms with van der Waals surface area (Å²) in [6.07, 6.45) is -0.0701. The molecule has 0 saturated heterocycles. The van der Waals surface area contributed by atoms with Gasteiger partial charge >= 0.3 is 0 Å². The van der Waals surface area contributed by atoms with Gasteiger partial charge in [0.05, 0.1) is 12.7 Å². The number of aromatic nitrogens is 1. The molecule has 1 aromatic rings. The lowest BCUT2D eigenvalue weighted by atomic mass is 10.0. The molecule has 0 spiro atoms. The molecule has 0 aliphatic rings. The van der Waals surface area contributed by atoms with Crippen LogP contribution in [0, 0.1) is 0 Å². The quantitative estimate of drug-likeness (QED) is 0.444. The predicted octanol–water partition coefficient (Wildman–Crippen LogP) is -0.840. The standard InChI is InChI=1S/C11H19N3O3/c1-13-3-2-9(16)10(17)7-4-8(6-15)11(12)14-5-7/h4-5,9-10,13,15-17H,2-3,6H2,1H3,(H2,12,14). The van der Waals surface area contributed by atoms with E-state index in [0.717, 1.165) is 0 Å². The van der Waals surface area contributed by atoms with Gasteiger partial charge in [-0.25, -0.2) is 4.98 Å². The summed E-state index contributed by atoms with van der Waals surface area (Å²) in [6, 6.07) is 1.55. The Morgan fingerprint density at radius 3 is 2.76 bits per heavy atom. The molecule has 0 fully saturated rings. The molecule has 2 unspecified atom stereocenters. The molecule has 0 aliphatic carbocycles. The Kier molecular flexibility index (Phi) is 5.30. The van der Waals surface area contributed by atoms with E-state index in [-0.39, 0.29) is 12.4 Å². The highest BCUT2D eigenvalue weighted by Crippen LogP contribution is 2.21. The number of hydrogen-bond acceptors (Lipinski definition) is 6. The molecule has 2 atom stereocenters. The molecular weight excluding hydrogens is 222 g/mol. The van der Waals surface area contributed by atoms with Crippen molar-refractivity contribution in [1.29, 1.82) is 0 Å². The van der Waals surface area contributed by atoms with E-state index in [2.05, 4.69) is 10.3 Å². The van der Waals surface area contributed by atoms with Crippen molar-refractivity contribution in [2.75, 3.05) is 19.3 Å². The molecular formula is C11H19N3O3. The first-order valence-corrected chi connectivity index (χ1v) is 5.46. The number of nitrogens with zero attached hydrogens (tertiary/aromatic N) is 1. The van der Waals surface area contributed by atoms with Crippen LogP contribution in [0.2, 0.25) is 0 Å². The van der Waals surface area contributed by atoms with Crippen LogP contribution in [-0.2, 0) is 6.61 Å². The van der Waals surface area contributed by atoms with Crippen LogP contribution in [0.1, 0.15) is 23.7 Å². The third-order valence-corrected chi connectivity index (χ3v) is 2.59. The molecule has 96 valence electrons. The van der Waals surface area contributed by atoms with E-state index >= 15 is 0 Å². The lowest BCUT2D eigenvalue weighted by molar-refractivity contribution is 0.0137. The number of aliphatic hydroxyl groups excluding tert-OH is 3. The summed E-state index contributed by atoms with van der Waals surface area (Å²) >= 11 is 0. The second kappa shape index (κ2) is 6.51. The van der Waals surface area contributed by atoms with Crippen molar-refractivity contribution in [3.8, 4) is 0 Å². The maximum atomic E-state index is 9.89. The van der Waals surface area contributed by atoms with Gasteiger partial charge in [0.15, 0.2) is 0 Å². The van der Waals surface area contributed by atoms with Crippen LogP contribution >= 0.6 is 0 Å². The fourth-order valence-electron chi connectivity index (χ4n) is 1.50. The molecule has 6 N–H and O–H groups in total. The zero-order chi connectivity index (χ0) is 12.8. The monoisotopic (exact) mass is 241 g/mol. The predicted molar refractivity (Wildman–Crippen MR) is 64.1 cm³/mol. The molecule has 6 nitrogen and oxygen atoms in total. The summed E-state index contributed by atoms with van der Waals surface area (Å²) < 4.78 is 0. The van der Waals surface area contributed by atoms with Gasteiger partial charge in [-0.3, -0.25) is 0 Å². The Morgan fingerprint density at radius 1 is 1.47 bits per heavy atom. The Labute approximate surface area is 100 Å². The number of nitrogens with two attached hydrogens (primary N) is 1. The van der Waals surface area contributed by atoms with E-state index in [1.165, 1.54) is 6.20 Å². The lowest BCUT2D eigenvalue weighted by Crippen LogP contribution is -2.23. The minimum absolute atomic E-state index is 0.230. The van der Waals surface area contributed by atoms with Gasteiger partial charge in [0.25, 0.3) is 0 Å². The average Bonchev–Trinajstić information content (AvgIpc) is 2.35. The number of nitrogens with one attached hydrogen (secondary N) is 1. The Balaban J connectivity index is 2.77. The smallest absolute Gasteiger partial charge is 0.128 e. The number of anilines is 1. The minimum Gasteiger partial charge on any atom is -0.392 e. The van der Waals surface area contributed by atoms with E-state index in [0.29, 0.717) is 24.1 Å². The van der Waals surface area contributed by atoms with Crippen LogP contribution in [-0.4, -0.2) is 40.0 Å². The van der Waals surface area contributed by atoms with Crippen LogP contribution < -0.4 is 11.1 Å². The van der Waals surface area contributed by atoms with Gasteiger partial charge < -0.3 is 26.4 Å². The molecule has 0 saturated carbocycles. The third kappa shape index (κ3) is 3.64. The summed E-state index contributed by atoms with van der Waals surface area (Å²) in [6.45, 7) is 0.361. The highest BCUT2D eigenvalue weighted by molar-refractivity contribution is 5.41. The Morgan fingerprint density at radius 2 is 2.18 bits per heavy atom. The lowest BCUT2D eigenvalue weighted by Gasteiger charge is -2.18. The molecule has 1 rings (SSSR count). The zero-order valence-electron chi connectivity index (χ0n) is 9.80. The molecule has 1 aromatic heterocycles. The van der Waals surface area contributed by atoms with Crippen LogP contribution in [0.15, 0.2) is 12.3 Å². The highest BCUT2D eigenvalue weighted by Gasteiger charge is 2.19. The van der Waals surface area contributed by atoms with Crippen molar-refractivity contribution in [1.82, 2.24) is 10.3 Å². The average molecular weight is 241 g/mol. The molecule has 0 aliphatic heterocycles. The van der Waals surface area contributed by atoms with Crippen LogP contribution in [0.5, 0.6) is 0 Å². The van der Waals surface area contributed by atoms with Gasteiger partial charge in [-0.2, -0.15) is 0 Å². The van der Waals surface area contributed by atoms with Crippen LogP contribution in [0.4, 0.5) is 5.82 Å². The van der Waals surface area contributed by atoms with Crippen molar-refractivity contribution in [3.05, 3.63) is 23.4 Å². The fraction of sp³-hybridized carbons (Fsp3) is 0.545. The van der Waals surface area contributed by atoms with Gasteiger partial charge in [-0.15, -0.1) is 0 Å². The van der Waals surface area contributed by atoms with E-state index in [4.69, 9.17) is 10.8 Å². The topological polar surface area (TPSA) is 112 Å². The van der Waals surface area contributed by atoms with Crippen LogP contribution in [0.3, 0.4) is 0 Å². The SMILES string of the molecule is CNCCC(O)C(O)c1cnc(N)c(CO)c1. The second-order valence-corrected chi connectivity index (χ2v) is 3.88. The van der Waals surface area contributed by atoms with Gasteiger partial charge in [0.1, 0.15) is 11.9 Å². The molecule has 0 bridgehead atoms. The number of aliphatic hydroxyl groups is 3. The Hall–Kier alpha value is -1.21. The van der Waals surface area contributed by atoms with Gasteiger partial charge in [-0.1, -0.05) is 0 Å². The first-order valence-electron chi connectivity index (χ1n) is 5.46. The normalized spacial score (nSPS) is 14.6. The molecule has 1 heterocycles. The third-order valence-electron chi connectivity index (χ3n) is 2.59.